The summed E-state index contributed by atoms with van der Waals surface area (Å²) in [7, 11) is 0. The van der Waals surface area contributed by atoms with Gasteiger partial charge < -0.3 is 9.84 Å². The van der Waals surface area contributed by atoms with Crippen molar-refractivity contribution in [2.75, 3.05) is 6.61 Å². The summed E-state index contributed by atoms with van der Waals surface area (Å²) in [4.78, 5) is 0. The molecule has 2 nitrogen and oxygen atoms in total. The first-order valence-electron chi connectivity index (χ1n) is 6.25. The highest BCUT2D eigenvalue weighted by molar-refractivity contribution is 5.27. The zero-order chi connectivity index (χ0) is 14.0. The lowest BCUT2D eigenvalue weighted by atomic mass is 9.79. The minimum atomic E-state index is -0.382. The minimum absolute atomic E-state index is 0.0283. The maximum absolute atomic E-state index is 13.5. The highest BCUT2D eigenvalue weighted by atomic mass is 19.1. The third-order valence-electron chi connectivity index (χ3n) is 3.68. The van der Waals surface area contributed by atoms with Crippen molar-refractivity contribution in [3.05, 3.63) is 29.6 Å². The van der Waals surface area contributed by atoms with Gasteiger partial charge in [0.1, 0.15) is 11.6 Å². The molecule has 18 heavy (non-hydrogen) atoms. The van der Waals surface area contributed by atoms with Crippen molar-refractivity contribution >= 4 is 0 Å². The van der Waals surface area contributed by atoms with Crippen molar-refractivity contribution in [3.63, 3.8) is 0 Å². The smallest absolute Gasteiger partial charge is 0.130 e. The van der Waals surface area contributed by atoms with E-state index in [0.29, 0.717) is 18.6 Å². The average molecular weight is 254 g/mol. The molecule has 3 heteroatoms. The number of hydrogen-bond donors (Lipinski definition) is 1. The van der Waals surface area contributed by atoms with E-state index in [1.54, 1.807) is 6.07 Å². The van der Waals surface area contributed by atoms with Gasteiger partial charge in [-0.2, -0.15) is 0 Å². The Morgan fingerprint density at radius 2 is 1.78 bits per heavy atom. The van der Waals surface area contributed by atoms with E-state index in [9.17, 15) is 4.39 Å². The number of phenols is 1. The predicted molar refractivity (Wildman–Crippen MR) is 71.3 cm³/mol. The number of ether oxygens (including phenoxy) is 1. The summed E-state index contributed by atoms with van der Waals surface area (Å²) < 4.78 is 19.3. The standard InChI is InChI=1S/C15H23FO2/c1-14(2,3)15(4,5)18-9-8-11-6-7-12(17)10-13(11)16/h6-7,10,17H,8-9H2,1-5H3. The van der Waals surface area contributed by atoms with Crippen LogP contribution in [0.1, 0.15) is 40.2 Å². The normalized spacial score (nSPS) is 12.8. The van der Waals surface area contributed by atoms with Gasteiger partial charge in [0.25, 0.3) is 0 Å². The van der Waals surface area contributed by atoms with Crippen LogP contribution < -0.4 is 0 Å². The number of hydrogen-bond acceptors (Lipinski definition) is 2. The lowest BCUT2D eigenvalue weighted by Crippen LogP contribution is -2.40. The summed E-state index contributed by atoms with van der Waals surface area (Å²) in [5.74, 6) is -0.431. The van der Waals surface area contributed by atoms with Crippen LogP contribution in [0.2, 0.25) is 0 Å². The van der Waals surface area contributed by atoms with Crippen LogP contribution in [0.3, 0.4) is 0 Å². The molecule has 0 aliphatic heterocycles. The van der Waals surface area contributed by atoms with Gasteiger partial charge in [0.15, 0.2) is 0 Å². The molecule has 0 aliphatic carbocycles. The summed E-state index contributed by atoms with van der Waals surface area (Å²) in [6.45, 7) is 10.9. The molecule has 0 radical (unpaired) electrons. The largest absolute Gasteiger partial charge is 0.508 e. The molecule has 0 amide bonds. The van der Waals surface area contributed by atoms with E-state index in [0.717, 1.165) is 6.07 Å². The molecule has 0 fully saturated rings. The summed E-state index contributed by atoms with van der Waals surface area (Å²) in [5, 5.41) is 9.13. The molecule has 0 heterocycles. The molecule has 0 aliphatic rings. The summed E-state index contributed by atoms with van der Waals surface area (Å²) in [5.41, 5.74) is 0.332. The van der Waals surface area contributed by atoms with Gasteiger partial charge in [-0.3, -0.25) is 0 Å². The topological polar surface area (TPSA) is 29.5 Å². The Morgan fingerprint density at radius 1 is 1.17 bits per heavy atom. The van der Waals surface area contributed by atoms with Crippen LogP contribution in [0.5, 0.6) is 5.75 Å². The molecule has 0 atom stereocenters. The maximum atomic E-state index is 13.5. The summed E-state index contributed by atoms with van der Waals surface area (Å²) >= 11 is 0. The molecule has 0 spiro atoms. The van der Waals surface area contributed by atoms with Crippen LogP contribution in [0.25, 0.3) is 0 Å². The Kier molecular flexibility index (Phi) is 4.38. The van der Waals surface area contributed by atoms with Gasteiger partial charge in [-0.25, -0.2) is 4.39 Å². The quantitative estimate of drug-likeness (QED) is 0.882. The molecule has 1 aromatic carbocycles. The zero-order valence-electron chi connectivity index (χ0n) is 11.9. The lowest BCUT2D eigenvalue weighted by Gasteiger charge is -2.38. The Labute approximate surface area is 109 Å². The molecule has 0 saturated carbocycles. The first-order valence-corrected chi connectivity index (χ1v) is 6.25. The fourth-order valence-corrected chi connectivity index (χ4v) is 1.37. The highest BCUT2D eigenvalue weighted by Gasteiger charge is 2.33. The van der Waals surface area contributed by atoms with Crippen LogP contribution in [0.15, 0.2) is 18.2 Å². The maximum Gasteiger partial charge on any atom is 0.130 e. The third kappa shape index (κ3) is 3.70. The van der Waals surface area contributed by atoms with E-state index in [4.69, 9.17) is 9.84 Å². The van der Waals surface area contributed by atoms with Gasteiger partial charge in [-0.05, 0) is 37.3 Å². The summed E-state index contributed by atoms with van der Waals surface area (Å²) in [6.07, 6.45) is 0.506. The van der Waals surface area contributed by atoms with E-state index in [1.165, 1.54) is 6.07 Å². The Balaban J connectivity index is 2.57. The van der Waals surface area contributed by atoms with E-state index >= 15 is 0 Å². The Bertz CT molecular complexity index is 405. The second kappa shape index (κ2) is 5.27. The van der Waals surface area contributed by atoms with Crippen LogP contribution in [0.4, 0.5) is 4.39 Å². The molecule has 0 unspecified atom stereocenters. The van der Waals surface area contributed by atoms with E-state index < -0.39 is 0 Å². The van der Waals surface area contributed by atoms with E-state index in [-0.39, 0.29) is 22.6 Å². The van der Waals surface area contributed by atoms with E-state index in [2.05, 4.69) is 20.8 Å². The molecule has 1 N–H and O–H groups in total. The molecule has 1 rings (SSSR count). The van der Waals surface area contributed by atoms with Crippen molar-refractivity contribution in [3.8, 4) is 5.75 Å². The van der Waals surface area contributed by atoms with Gasteiger partial charge in [0.2, 0.25) is 0 Å². The number of benzene rings is 1. The van der Waals surface area contributed by atoms with Gasteiger partial charge in [0, 0.05) is 6.07 Å². The molecule has 0 bridgehead atoms. The van der Waals surface area contributed by atoms with Crippen molar-refractivity contribution in [2.24, 2.45) is 5.41 Å². The molecular weight excluding hydrogens is 231 g/mol. The molecule has 102 valence electrons. The fourth-order valence-electron chi connectivity index (χ4n) is 1.37. The van der Waals surface area contributed by atoms with Crippen LogP contribution in [0, 0.1) is 11.2 Å². The van der Waals surface area contributed by atoms with Crippen molar-refractivity contribution in [1.29, 1.82) is 0 Å². The van der Waals surface area contributed by atoms with Gasteiger partial charge in [-0.15, -0.1) is 0 Å². The van der Waals surface area contributed by atoms with Crippen LogP contribution in [-0.4, -0.2) is 17.3 Å². The fraction of sp³-hybridized carbons (Fsp3) is 0.600. The highest BCUT2D eigenvalue weighted by Crippen LogP contribution is 2.33. The van der Waals surface area contributed by atoms with E-state index in [1.807, 2.05) is 13.8 Å². The number of rotatable bonds is 4. The first-order chi connectivity index (χ1) is 8.13. The Morgan fingerprint density at radius 3 is 2.28 bits per heavy atom. The monoisotopic (exact) mass is 254 g/mol. The van der Waals surface area contributed by atoms with Gasteiger partial charge >= 0.3 is 0 Å². The molecule has 0 aromatic heterocycles. The predicted octanol–water partition coefficient (Wildman–Crippen LogP) is 3.92. The van der Waals surface area contributed by atoms with Crippen molar-refractivity contribution in [1.82, 2.24) is 0 Å². The Hall–Kier alpha value is -1.09. The molecular formula is C15H23FO2. The minimum Gasteiger partial charge on any atom is -0.508 e. The van der Waals surface area contributed by atoms with Crippen LogP contribution >= 0.6 is 0 Å². The van der Waals surface area contributed by atoms with Crippen molar-refractivity contribution in [2.45, 2.75) is 46.6 Å². The number of aromatic hydroxyl groups is 1. The number of halogens is 1. The van der Waals surface area contributed by atoms with Crippen LogP contribution in [-0.2, 0) is 11.2 Å². The molecule has 0 saturated heterocycles. The third-order valence-corrected chi connectivity index (χ3v) is 3.68. The van der Waals surface area contributed by atoms with Crippen molar-refractivity contribution < 1.29 is 14.2 Å². The second-order valence-electron chi connectivity index (χ2n) is 6.13. The average Bonchev–Trinajstić information content (AvgIpc) is 2.19. The summed E-state index contributed by atoms with van der Waals surface area (Å²) in [6, 6.07) is 4.22. The zero-order valence-corrected chi connectivity index (χ0v) is 11.9. The number of phenolic OH excluding ortho intramolecular Hbond substituents is 1. The SMILES string of the molecule is CC(C)(C)C(C)(C)OCCc1ccc(O)cc1F. The second-order valence-corrected chi connectivity index (χ2v) is 6.13. The van der Waals surface area contributed by atoms with Gasteiger partial charge in [0.05, 0.1) is 12.2 Å². The first kappa shape index (κ1) is 15.0. The lowest BCUT2D eigenvalue weighted by molar-refractivity contribution is -0.0891. The molecule has 1 aromatic rings. The van der Waals surface area contributed by atoms with Gasteiger partial charge in [-0.1, -0.05) is 26.8 Å².